The minimum absolute atomic E-state index is 0.0133. The van der Waals surface area contributed by atoms with Gasteiger partial charge in [0.2, 0.25) is 0 Å². The minimum Gasteiger partial charge on any atom is -0.386 e. The molecule has 0 saturated carbocycles. The van der Waals surface area contributed by atoms with Crippen LogP contribution >= 0.6 is 7.82 Å². The van der Waals surface area contributed by atoms with Crippen molar-refractivity contribution in [3.05, 3.63) is 70.8 Å². The molecule has 0 aromatic heterocycles. The van der Waals surface area contributed by atoms with Gasteiger partial charge in [-0.1, -0.05) is 51.1 Å². The van der Waals surface area contributed by atoms with Crippen molar-refractivity contribution in [2.75, 3.05) is 0 Å². The topological polar surface area (TPSA) is 121 Å². The Hall–Kier alpha value is -2.31. The number of rotatable bonds is 2. The van der Waals surface area contributed by atoms with E-state index in [-0.39, 0.29) is 5.41 Å². The fourth-order valence-electron chi connectivity index (χ4n) is 2.11. The minimum atomic E-state index is -4.64. The second kappa shape index (κ2) is 9.06. The first-order valence-electron chi connectivity index (χ1n) is 8.00. The number of esters is 2. The Morgan fingerprint density at radius 1 is 0.889 bits per heavy atom. The van der Waals surface area contributed by atoms with Gasteiger partial charge in [-0.2, -0.15) is 0 Å². The van der Waals surface area contributed by atoms with Crippen molar-refractivity contribution >= 4 is 19.8 Å². The van der Waals surface area contributed by atoms with E-state index >= 15 is 0 Å². The highest BCUT2D eigenvalue weighted by Gasteiger charge is 2.18. The number of carbonyl (C=O) groups is 2. The molecule has 0 aliphatic carbocycles. The second-order valence-electron chi connectivity index (χ2n) is 6.83. The van der Waals surface area contributed by atoms with Crippen LogP contribution < -0.4 is 0 Å². The summed E-state index contributed by atoms with van der Waals surface area (Å²) in [5.74, 6) is -1.25. The molecule has 2 aromatic rings. The molecule has 0 fully saturated rings. The van der Waals surface area contributed by atoms with Crippen molar-refractivity contribution in [1.82, 2.24) is 0 Å². The molecular weight excluding hydrogens is 371 g/mol. The monoisotopic (exact) mass is 394 g/mol. The van der Waals surface area contributed by atoms with E-state index in [0.29, 0.717) is 11.1 Å². The van der Waals surface area contributed by atoms with Gasteiger partial charge in [-0.15, -0.1) is 0 Å². The lowest BCUT2D eigenvalue weighted by Crippen LogP contribution is -2.15. The number of hydrogen-bond donors (Lipinski definition) is 3. The Kier molecular flexibility index (Phi) is 7.63. The predicted octanol–water partition coefficient (Wildman–Crippen LogP) is 3.36. The highest BCUT2D eigenvalue weighted by Crippen LogP contribution is 2.26. The van der Waals surface area contributed by atoms with Crippen LogP contribution in [0.1, 0.15) is 52.6 Å². The number of phosphoric acid groups is 1. The third kappa shape index (κ3) is 8.28. The zero-order chi connectivity index (χ0) is 20.8. The number of carbonyl (C=O) groups excluding carboxylic acids is 2. The molecule has 7 nitrogen and oxygen atoms in total. The summed E-state index contributed by atoms with van der Waals surface area (Å²) < 4.78 is 13.8. The van der Waals surface area contributed by atoms with Crippen molar-refractivity contribution in [3.8, 4) is 0 Å². The van der Waals surface area contributed by atoms with Crippen molar-refractivity contribution in [1.29, 1.82) is 0 Å². The van der Waals surface area contributed by atoms with Gasteiger partial charge in [0.25, 0.3) is 0 Å². The van der Waals surface area contributed by atoms with Crippen LogP contribution in [0.2, 0.25) is 0 Å². The summed E-state index contributed by atoms with van der Waals surface area (Å²) in [6.07, 6.45) is 0. The van der Waals surface area contributed by atoms with Crippen molar-refractivity contribution in [3.63, 3.8) is 0 Å². The Morgan fingerprint density at radius 2 is 1.37 bits per heavy atom. The largest absolute Gasteiger partial charge is 0.466 e. The van der Waals surface area contributed by atoms with Crippen LogP contribution in [0.3, 0.4) is 0 Å². The Bertz CT molecular complexity index is 837. The third-order valence-electron chi connectivity index (χ3n) is 3.54. The van der Waals surface area contributed by atoms with E-state index in [0.717, 1.165) is 11.1 Å². The molecule has 2 rings (SSSR count). The number of hydrogen-bond acceptors (Lipinski definition) is 4. The lowest BCUT2D eigenvalue weighted by atomic mass is 9.87. The molecule has 146 valence electrons. The molecule has 0 aliphatic rings. The summed E-state index contributed by atoms with van der Waals surface area (Å²) in [7, 11) is -4.64. The van der Waals surface area contributed by atoms with E-state index in [2.05, 4.69) is 20.8 Å². The predicted molar refractivity (Wildman–Crippen MR) is 100 cm³/mol. The smallest absolute Gasteiger partial charge is 0.386 e. The first-order valence-corrected chi connectivity index (χ1v) is 9.56. The maximum Gasteiger partial charge on any atom is 0.466 e. The zero-order valence-corrected chi connectivity index (χ0v) is 16.4. The SMILES string of the molecule is Cc1ccccc1C(=O)OC(=O)c1ccc(C(C)(C)C)cc1.O=P(O)(O)O. The zero-order valence-electron chi connectivity index (χ0n) is 15.5. The summed E-state index contributed by atoms with van der Waals surface area (Å²) in [6.45, 7) is 8.10. The molecule has 0 spiro atoms. The Morgan fingerprint density at radius 3 is 1.81 bits per heavy atom. The lowest BCUT2D eigenvalue weighted by molar-refractivity contribution is 0.0397. The quantitative estimate of drug-likeness (QED) is 0.406. The molecule has 3 N–H and O–H groups in total. The van der Waals surface area contributed by atoms with E-state index in [1.54, 1.807) is 37.3 Å². The lowest BCUT2D eigenvalue weighted by Gasteiger charge is -2.18. The normalized spacial score (nSPS) is 11.2. The standard InChI is InChI=1S/C19H20O3.H3O4P/c1-13-7-5-6-8-16(13)18(21)22-17(20)14-9-11-15(12-10-14)19(2,3)4;1-5(2,3)4/h5-12H,1-4H3;(H3,1,2,3,4). The Labute approximate surface area is 157 Å². The first kappa shape index (κ1) is 22.7. The van der Waals surface area contributed by atoms with Gasteiger partial charge in [0.05, 0.1) is 11.1 Å². The molecular formula is C19H23O7P. The molecule has 0 heterocycles. The van der Waals surface area contributed by atoms with Crippen LogP contribution in [0.25, 0.3) is 0 Å². The highest BCUT2D eigenvalue weighted by molar-refractivity contribution is 7.45. The van der Waals surface area contributed by atoms with Gasteiger partial charge in [-0.05, 0) is 41.7 Å². The second-order valence-corrected chi connectivity index (χ2v) is 7.86. The van der Waals surface area contributed by atoms with Crippen LogP contribution in [0.15, 0.2) is 48.5 Å². The molecule has 0 saturated heterocycles. The summed E-state index contributed by atoms with van der Waals surface area (Å²) in [5, 5.41) is 0. The van der Waals surface area contributed by atoms with Crippen molar-refractivity contribution in [2.24, 2.45) is 0 Å². The van der Waals surface area contributed by atoms with Gasteiger partial charge in [0.15, 0.2) is 0 Å². The average molecular weight is 394 g/mol. The Balaban J connectivity index is 0.000000646. The maximum atomic E-state index is 12.1. The third-order valence-corrected chi connectivity index (χ3v) is 3.54. The van der Waals surface area contributed by atoms with E-state index in [1.807, 2.05) is 18.2 Å². The molecule has 0 atom stereocenters. The highest BCUT2D eigenvalue weighted by atomic mass is 31.2. The molecule has 8 heteroatoms. The summed E-state index contributed by atoms with van der Waals surface area (Å²) in [4.78, 5) is 45.7. The van der Waals surface area contributed by atoms with E-state index < -0.39 is 19.8 Å². The van der Waals surface area contributed by atoms with E-state index in [9.17, 15) is 9.59 Å². The number of benzene rings is 2. The molecule has 2 aromatic carbocycles. The maximum absolute atomic E-state index is 12.1. The van der Waals surface area contributed by atoms with Gasteiger partial charge in [0, 0.05) is 0 Å². The van der Waals surface area contributed by atoms with Crippen LogP contribution in [0, 0.1) is 6.92 Å². The molecule has 0 amide bonds. The molecule has 27 heavy (non-hydrogen) atoms. The molecule has 0 bridgehead atoms. The summed E-state index contributed by atoms with van der Waals surface area (Å²) >= 11 is 0. The van der Waals surface area contributed by atoms with Crippen LogP contribution in [-0.2, 0) is 14.7 Å². The number of ether oxygens (including phenoxy) is 1. The van der Waals surface area contributed by atoms with Gasteiger partial charge >= 0.3 is 19.8 Å². The molecule has 0 radical (unpaired) electrons. The fourth-order valence-corrected chi connectivity index (χ4v) is 2.11. The van der Waals surface area contributed by atoms with Gasteiger partial charge in [0.1, 0.15) is 0 Å². The van der Waals surface area contributed by atoms with E-state index in [1.165, 1.54) is 0 Å². The number of aryl methyl sites for hydroxylation is 1. The molecule has 0 aliphatic heterocycles. The van der Waals surface area contributed by atoms with Crippen molar-refractivity contribution in [2.45, 2.75) is 33.1 Å². The van der Waals surface area contributed by atoms with Crippen molar-refractivity contribution < 1.29 is 33.6 Å². The van der Waals surface area contributed by atoms with Gasteiger partial charge < -0.3 is 19.4 Å². The van der Waals surface area contributed by atoms with Crippen LogP contribution in [0.4, 0.5) is 0 Å². The first-order chi connectivity index (χ1) is 12.3. The summed E-state index contributed by atoms with van der Waals surface area (Å²) in [6, 6.07) is 14.2. The van der Waals surface area contributed by atoms with Gasteiger partial charge in [-0.3, -0.25) is 0 Å². The van der Waals surface area contributed by atoms with Crippen LogP contribution in [-0.4, -0.2) is 26.6 Å². The van der Waals surface area contributed by atoms with E-state index in [4.69, 9.17) is 24.0 Å². The average Bonchev–Trinajstić information content (AvgIpc) is 2.53. The van der Waals surface area contributed by atoms with Gasteiger partial charge in [-0.25, -0.2) is 14.2 Å². The molecule has 0 unspecified atom stereocenters. The summed E-state index contributed by atoms with van der Waals surface area (Å²) in [5.41, 5.74) is 2.69. The fraction of sp³-hybridized carbons (Fsp3) is 0.263. The van der Waals surface area contributed by atoms with Crippen LogP contribution in [0.5, 0.6) is 0 Å².